The highest BCUT2D eigenvalue weighted by Gasteiger charge is 2.30. The summed E-state index contributed by atoms with van der Waals surface area (Å²) in [4.78, 5) is 46.0. The molecule has 0 aromatic carbocycles. The van der Waals surface area contributed by atoms with Crippen molar-refractivity contribution in [2.45, 2.75) is 20.3 Å². The third kappa shape index (κ3) is 6.39. The Bertz CT molecular complexity index is 390. The first-order valence-corrected chi connectivity index (χ1v) is 5.57. The van der Waals surface area contributed by atoms with Gasteiger partial charge in [0.1, 0.15) is 0 Å². The largest absolute Gasteiger partial charge is 0.481 e. The predicted octanol–water partition coefficient (Wildman–Crippen LogP) is -0.599. The second-order valence-corrected chi connectivity index (χ2v) is 4.88. The Labute approximate surface area is 111 Å². The molecule has 0 fully saturated rings. The van der Waals surface area contributed by atoms with E-state index in [4.69, 9.17) is 5.11 Å². The van der Waals surface area contributed by atoms with Crippen molar-refractivity contribution < 1.29 is 24.3 Å². The molecule has 0 saturated carbocycles. The van der Waals surface area contributed by atoms with E-state index in [9.17, 15) is 19.2 Å². The number of imide groups is 1. The molecule has 0 unspecified atom stereocenters. The molecule has 0 aromatic rings. The zero-order chi connectivity index (χ0) is 15.2. The van der Waals surface area contributed by atoms with Crippen LogP contribution in [0.5, 0.6) is 0 Å². The van der Waals surface area contributed by atoms with Crippen LogP contribution in [0.3, 0.4) is 0 Å². The van der Waals surface area contributed by atoms with Crippen LogP contribution in [0, 0.1) is 5.41 Å². The van der Waals surface area contributed by atoms with Crippen LogP contribution < -0.4 is 10.6 Å². The van der Waals surface area contributed by atoms with Crippen molar-refractivity contribution in [2.24, 2.45) is 5.41 Å². The lowest BCUT2D eigenvalue weighted by molar-refractivity contribution is -0.149. The number of amides is 4. The van der Waals surface area contributed by atoms with E-state index >= 15 is 0 Å². The molecular weight excluding hydrogens is 254 g/mol. The van der Waals surface area contributed by atoms with Gasteiger partial charge in [0.05, 0.1) is 12.0 Å². The third-order valence-electron chi connectivity index (χ3n) is 2.33. The van der Waals surface area contributed by atoms with Crippen molar-refractivity contribution in [3.63, 3.8) is 0 Å². The molecule has 3 N–H and O–H groups in total. The fourth-order valence-corrected chi connectivity index (χ4v) is 1.01. The van der Waals surface area contributed by atoms with Gasteiger partial charge in [-0.25, -0.2) is 4.79 Å². The number of nitrogens with one attached hydrogen (secondary N) is 2. The maximum Gasteiger partial charge on any atom is 0.321 e. The lowest BCUT2D eigenvalue weighted by Crippen LogP contribution is -2.45. The maximum atomic E-state index is 11.4. The molecule has 0 aliphatic carbocycles. The van der Waals surface area contributed by atoms with Gasteiger partial charge < -0.3 is 15.3 Å². The van der Waals surface area contributed by atoms with Crippen molar-refractivity contribution in [1.82, 2.24) is 15.5 Å². The first-order valence-electron chi connectivity index (χ1n) is 5.57. The quantitative estimate of drug-likeness (QED) is 0.618. The summed E-state index contributed by atoms with van der Waals surface area (Å²) in [5, 5.41) is 13.0. The van der Waals surface area contributed by atoms with Gasteiger partial charge in [0, 0.05) is 20.5 Å². The Morgan fingerprint density at radius 3 is 2.11 bits per heavy atom. The monoisotopic (exact) mass is 273 g/mol. The summed E-state index contributed by atoms with van der Waals surface area (Å²) in [6.45, 7) is 2.51. The van der Waals surface area contributed by atoms with Gasteiger partial charge in [-0.05, 0) is 13.8 Å². The summed E-state index contributed by atoms with van der Waals surface area (Å²) in [7, 11) is 3.06. The zero-order valence-electron chi connectivity index (χ0n) is 11.4. The molecule has 4 amide bonds. The van der Waals surface area contributed by atoms with E-state index in [0.29, 0.717) is 0 Å². The van der Waals surface area contributed by atoms with Crippen LogP contribution >= 0.6 is 0 Å². The molecule has 0 heterocycles. The third-order valence-corrected chi connectivity index (χ3v) is 2.33. The standard InChI is InChI=1S/C11H19N3O5/c1-11(2,9(17)18)5-7(15)13-10(19)12-6-8(16)14(3)4/h5-6H2,1-4H3,(H,17,18)(H2,12,13,15,19). The SMILES string of the molecule is CN(C)C(=O)CNC(=O)NC(=O)CC(C)(C)C(=O)O. The van der Waals surface area contributed by atoms with Crippen LogP contribution in [0.2, 0.25) is 0 Å². The first kappa shape index (κ1) is 16.9. The van der Waals surface area contributed by atoms with Gasteiger partial charge in [0.2, 0.25) is 11.8 Å². The van der Waals surface area contributed by atoms with Gasteiger partial charge in [0.25, 0.3) is 0 Å². The molecular formula is C11H19N3O5. The fourth-order valence-electron chi connectivity index (χ4n) is 1.01. The molecule has 0 aliphatic heterocycles. The molecule has 8 nitrogen and oxygen atoms in total. The molecule has 0 aliphatic rings. The van der Waals surface area contributed by atoms with Gasteiger partial charge in [-0.2, -0.15) is 0 Å². The van der Waals surface area contributed by atoms with E-state index in [0.717, 1.165) is 0 Å². The minimum absolute atomic E-state index is 0.242. The average Bonchev–Trinajstić information content (AvgIpc) is 2.24. The van der Waals surface area contributed by atoms with Gasteiger partial charge in [0.15, 0.2) is 0 Å². The lowest BCUT2D eigenvalue weighted by Gasteiger charge is -2.18. The maximum absolute atomic E-state index is 11.4. The molecule has 8 heteroatoms. The van der Waals surface area contributed by atoms with E-state index in [1.165, 1.54) is 32.8 Å². The number of nitrogens with zero attached hydrogens (tertiary/aromatic N) is 1. The summed E-state index contributed by atoms with van der Waals surface area (Å²) in [5.74, 6) is -2.18. The number of urea groups is 1. The van der Waals surface area contributed by atoms with Crippen molar-refractivity contribution in [3.05, 3.63) is 0 Å². The van der Waals surface area contributed by atoms with E-state index < -0.39 is 23.3 Å². The highest BCUT2D eigenvalue weighted by molar-refractivity contribution is 5.97. The van der Waals surface area contributed by atoms with Crippen molar-refractivity contribution in [3.8, 4) is 0 Å². The Morgan fingerprint density at radius 2 is 1.68 bits per heavy atom. The number of hydrogen-bond donors (Lipinski definition) is 3. The number of carbonyl (C=O) groups excluding carboxylic acids is 3. The number of carbonyl (C=O) groups is 4. The van der Waals surface area contributed by atoms with Crippen LogP contribution in [0.4, 0.5) is 4.79 Å². The number of likely N-dealkylation sites (N-methyl/N-ethyl adjacent to an activating group) is 1. The molecule has 0 saturated heterocycles. The number of carboxylic acids is 1. The van der Waals surface area contributed by atoms with Crippen molar-refractivity contribution >= 4 is 23.8 Å². The van der Waals surface area contributed by atoms with Crippen LogP contribution in [-0.2, 0) is 14.4 Å². The Hall–Kier alpha value is -2.12. The Morgan fingerprint density at radius 1 is 1.16 bits per heavy atom. The topological polar surface area (TPSA) is 116 Å². The number of carboxylic acid groups (broad SMARTS) is 1. The zero-order valence-corrected chi connectivity index (χ0v) is 11.4. The summed E-state index contributed by atoms with van der Waals surface area (Å²) in [5.41, 5.74) is -1.26. The van der Waals surface area contributed by atoms with Crippen LogP contribution in [0.1, 0.15) is 20.3 Å². The average molecular weight is 273 g/mol. The highest BCUT2D eigenvalue weighted by atomic mass is 16.4. The molecule has 0 spiro atoms. The molecule has 0 atom stereocenters. The van der Waals surface area contributed by atoms with Gasteiger partial charge in [-0.3, -0.25) is 19.7 Å². The smallest absolute Gasteiger partial charge is 0.321 e. The normalized spacial score (nSPS) is 10.5. The van der Waals surface area contributed by atoms with Crippen LogP contribution in [0.25, 0.3) is 0 Å². The van der Waals surface area contributed by atoms with E-state index in [-0.39, 0.29) is 18.9 Å². The lowest BCUT2D eigenvalue weighted by atomic mass is 9.89. The number of hydrogen-bond acceptors (Lipinski definition) is 4. The van der Waals surface area contributed by atoms with Crippen molar-refractivity contribution in [1.29, 1.82) is 0 Å². The molecule has 0 rings (SSSR count). The van der Waals surface area contributed by atoms with E-state index in [1.54, 1.807) is 0 Å². The van der Waals surface area contributed by atoms with E-state index in [2.05, 4.69) is 5.32 Å². The van der Waals surface area contributed by atoms with Gasteiger partial charge >= 0.3 is 12.0 Å². The number of aliphatic carboxylic acids is 1. The van der Waals surface area contributed by atoms with Gasteiger partial charge in [-0.1, -0.05) is 0 Å². The number of rotatable bonds is 5. The highest BCUT2D eigenvalue weighted by Crippen LogP contribution is 2.19. The van der Waals surface area contributed by atoms with Crippen molar-refractivity contribution in [2.75, 3.05) is 20.6 Å². The fraction of sp³-hybridized carbons (Fsp3) is 0.636. The molecule has 19 heavy (non-hydrogen) atoms. The molecule has 0 bridgehead atoms. The van der Waals surface area contributed by atoms with Crippen LogP contribution in [0.15, 0.2) is 0 Å². The molecule has 0 aromatic heterocycles. The summed E-state index contributed by atoms with van der Waals surface area (Å²) >= 11 is 0. The van der Waals surface area contributed by atoms with Crippen LogP contribution in [-0.4, -0.2) is 54.5 Å². The Kier molecular flexibility index (Phi) is 5.97. The first-order chi connectivity index (χ1) is 8.56. The summed E-state index contributed by atoms with van der Waals surface area (Å²) < 4.78 is 0. The second kappa shape index (κ2) is 6.72. The molecule has 0 radical (unpaired) electrons. The summed E-state index contributed by atoms with van der Waals surface area (Å²) in [6, 6.07) is -0.832. The van der Waals surface area contributed by atoms with Gasteiger partial charge in [-0.15, -0.1) is 0 Å². The summed E-state index contributed by atoms with van der Waals surface area (Å²) in [6.07, 6.45) is -0.336. The second-order valence-electron chi connectivity index (χ2n) is 4.88. The molecule has 108 valence electrons. The minimum atomic E-state index is -1.26. The predicted molar refractivity (Wildman–Crippen MR) is 66.3 cm³/mol. The minimum Gasteiger partial charge on any atom is -0.481 e. The van der Waals surface area contributed by atoms with E-state index in [1.807, 2.05) is 5.32 Å². The Balaban J connectivity index is 4.18.